The topological polar surface area (TPSA) is 67.5 Å². The number of carboxylic acid groups (broad SMARTS) is 1. The van der Waals surface area contributed by atoms with Crippen molar-refractivity contribution in [2.24, 2.45) is 0 Å². The standard InChI is InChI=1S/C11H13N3O2/c1-7(2)11-13-12-9-5-3-4-8(14(9)11)6-10(15)16/h3-5,7H,6H2,1-2H3,(H,15,16). The normalized spacial score (nSPS) is 11.2. The predicted molar refractivity (Wildman–Crippen MR) is 58.4 cm³/mol. The molecular formula is C11H13N3O2. The van der Waals surface area contributed by atoms with Gasteiger partial charge in [-0.25, -0.2) is 0 Å². The Morgan fingerprint density at radius 3 is 2.81 bits per heavy atom. The summed E-state index contributed by atoms with van der Waals surface area (Å²) >= 11 is 0. The first-order valence-corrected chi connectivity index (χ1v) is 5.14. The fraction of sp³-hybridized carbons (Fsp3) is 0.364. The van der Waals surface area contributed by atoms with Crippen molar-refractivity contribution in [1.82, 2.24) is 14.6 Å². The van der Waals surface area contributed by atoms with Crippen molar-refractivity contribution < 1.29 is 9.90 Å². The van der Waals surface area contributed by atoms with Crippen LogP contribution in [0.25, 0.3) is 5.65 Å². The average molecular weight is 219 g/mol. The van der Waals surface area contributed by atoms with E-state index in [0.717, 1.165) is 5.82 Å². The van der Waals surface area contributed by atoms with Gasteiger partial charge in [0.2, 0.25) is 0 Å². The molecule has 1 N–H and O–H groups in total. The van der Waals surface area contributed by atoms with Crippen LogP contribution in [0.3, 0.4) is 0 Å². The lowest BCUT2D eigenvalue weighted by Crippen LogP contribution is -2.08. The molecular weight excluding hydrogens is 206 g/mol. The van der Waals surface area contributed by atoms with E-state index in [1.165, 1.54) is 0 Å². The molecule has 0 amide bonds. The van der Waals surface area contributed by atoms with Crippen LogP contribution in [0.5, 0.6) is 0 Å². The smallest absolute Gasteiger partial charge is 0.309 e. The van der Waals surface area contributed by atoms with Gasteiger partial charge in [0.25, 0.3) is 0 Å². The second-order valence-electron chi connectivity index (χ2n) is 3.99. The highest BCUT2D eigenvalue weighted by molar-refractivity contribution is 5.70. The number of hydrogen-bond donors (Lipinski definition) is 1. The molecule has 2 aromatic heterocycles. The maximum atomic E-state index is 10.8. The highest BCUT2D eigenvalue weighted by atomic mass is 16.4. The second kappa shape index (κ2) is 3.92. The second-order valence-corrected chi connectivity index (χ2v) is 3.99. The number of rotatable bonds is 3. The van der Waals surface area contributed by atoms with Gasteiger partial charge in [0.15, 0.2) is 5.65 Å². The number of hydrogen-bond acceptors (Lipinski definition) is 3. The first-order valence-electron chi connectivity index (χ1n) is 5.14. The van der Waals surface area contributed by atoms with E-state index in [4.69, 9.17) is 5.11 Å². The van der Waals surface area contributed by atoms with Gasteiger partial charge >= 0.3 is 5.97 Å². The van der Waals surface area contributed by atoms with Crippen molar-refractivity contribution in [2.45, 2.75) is 26.2 Å². The molecule has 0 aliphatic carbocycles. The Kier molecular flexibility index (Phi) is 2.60. The lowest BCUT2D eigenvalue weighted by atomic mass is 10.2. The summed E-state index contributed by atoms with van der Waals surface area (Å²) in [4.78, 5) is 10.8. The maximum absolute atomic E-state index is 10.8. The first-order chi connectivity index (χ1) is 7.59. The lowest BCUT2D eigenvalue weighted by molar-refractivity contribution is -0.136. The van der Waals surface area contributed by atoms with Gasteiger partial charge in [-0.05, 0) is 12.1 Å². The zero-order chi connectivity index (χ0) is 11.7. The van der Waals surface area contributed by atoms with E-state index in [2.05, 4.69) is 10.2 Å². The van der Waals surface area contributed by atoms with Crippen LogP contribution >= 0.6 is 0 Å². The molecule has 0 aliphatic heterocycles. The third-order valence-corrected chi connectivity index (χ3v) is 2.38. The van der Waals surface area contributed by atoms with E-state index in [1.54, 1.807) is 12.1 Å². The Morgan fingerprint density at radius 2 is 2.19 bits per heavy atom. The van der Waals surface area contributed by atoms with Crippen LogP contribution in [0.2, 0.25) is 0 Å². The quantitative estimate of drug-likeness (QED) is 0.849. The number of pyridine rings is 1. The zero-order valence-corrected chi connectivity index (χ0v) is 9.21. The van der Waals surface area contributed by atoms with Crippen LogP contribution in [-0.4, -0.2) is 25.7 Å². The van der Waals surface area contributed by atoms with Crippen LogP contribution in [0.4, 0.5) is 0 Å². The molecule has 16 heavy (non-hydrogen) atoms. The summed E-state index contributed by atoms with van der Waals surface area (Å²) in [5.74, 6) is 0.160. The molecule has 0 fully saturated rings. The highest BCUT2D eigenvalue weighted by Gasteiger charge is 2.13. The molecule has 0 aromatic carbocycles. The number of aromatic nitrogens is 3. The number of carbonyl (C=O) groups is 1. The minimum absolute atomic E-state index is 0.0188. The molecule has 2 rings (SSSR count). The summed E-state index contributed by atoms with van der Waals surface area (Å²) in [6.07, 6.45) is -0.0188. The molecule has 0 bridgehead atoms. The van der Waals surface area contributed by atoms with Crippen molar-refractivity contribution in [3.8, 4) is 0 Å². The van der Waals surface area contributed by atoms with Gasteiger partial charge in [-0.1, -0.05) is 19.9 Å². The van der Waals surface area contributed by atoms with Gasteiger partial charge in [-0.3, -0.25) is 9.20 Å². The van der Waals surface area contributed by atoms with Crippen molar-refractivity contribution in [2.75, 3.05) is 0 Å². The number of nitrogens with zero attached hydrogens (tertiary/aromatic N) is 3. The van der Waals surface area contributed by atoms with Crippen LogP contribution in [0.15, 0.2) is 18.2 Å². The summed E-state index contributed by atoms with van der Waals surface area (Å²) < 4.78 is 1.82. The van der Waals surface area contributed by atoms with Crippen LogP contribution in [0.1, 0.15) is 31.3 Å². The molecule has 0 atom stereocenters. The van der Waals surface area contributed by atoms with Crippen LogP contribution in [0, 0.1) is 0 Å². The Morgan fingerprint density at radius 1 is 1.44 bits per heavy atom. The SMILES string of the molecule is CC(C)c1nnc2cccc(CC(=O)O)n12. The molecule has 2 aromatic rings. The molecule has 0 radical (unpaired) electrons. The van der Waals surface area contributed by atoms with Gasteiger partial charge in [0.1, 0.15) is 5.82 Å². The summed E-state index contributed by atoms with van der Waals surface area (Å²) in [5.41, 5.74) is 1.40. The van der Waals surface area contributed by atoms with Gasteiger partial charge < -0.3 is 5.11 Å². The molecule has 0 aliphatic rings. The third-order valence-electron chi connectivity index (χ3n) is 2.38. The van der Waals surface area contributed by atoms with Crippen molar-refractivity contribution in [3.63, 3.8) is 0 Å². The predicted octanol–water partition coefficient (Wildman–Crippen LogP) is 1.48. The monoisotopic (exact) mass is 219 g/mol. The Labute approximate surface area is 92.7 Å². The minimum atomic E-state index is -0.851. The van der Waals surface area contributed by atoms with E-state index in [0.29, 0.717) is 11.3 Å². The fourth-order valence-electron chi connectivity index (χ4n) is 1.70. The van der Waals surface area contributed by atoms with E-state index < -0.39 is 5.97 Å². The largest absolute Gasteiger partial charge is 0.481 e. The summed E-state index contributed by atoms with van der Waals surface area (Å²) in [5, 5.41) is 16.9. The van der Waals surface area contributed by atoms with Crippen molar-refractivity contribution >= 4 is 11.6 Å². The van der Waals surface area contributed by atoms with Crippen LogP contribution < -0.4 is 0 Å². The summed E-state index contributed by atoms with van der Waals surface area (Å²) in [6, 6.07) is 5.41. The Bertz CT molecular complexity index is 531. The summed E-state index contributed by atoms with van der Waals surface area (Å²) in [6.45, 7) is 4.02. The molecule has 84 valence electrons. The van der Waals surface area contributed by atoms with E-state index >= 15 is 0 Å². The fourth-order valence-corrected chi connectivity index (χ4v) is 1.70. The van der Waals surface area contributed by atoms with Crippen molar-refractivity contribution in [1.29, 1.82) is 0 Å². The minimum Gasteiger partial charge on any atom is -0.481 e. The highest BCUT2D eigenvalue weighted by Crippen LogP contribution is 2.16. The summed E-state index contributed by atoms with van der Waals surface area (Å²) in [7, 11) is 0. The molecule has 2 heterocycles. The van der Waals surface area contributed by atoms with Gasteiger partial charge in [-0.2, -0.15) is 0 Å². The molecule has 0 saturated heterocycles. The van der Waals surface area contributed by atoms with E-state index in [1.807, 2.05) is 24.3 Å². The number of carboxylic acids is 1. The Balaban J connectivity index is 2.63. The molecule has 5 heteroatoms. The number of aliphatic carboxylic acids is 1. The van der Waals surface area contributed by atoms with Gasteiger partial charge in [-0.15, -0.1) is 10.2 Å². The van der Waals surface area contributed by atoms with Crippen LogP contribution in [-0.2, 0) is 11.2 Å². The van der Waals surface area contributed by atoms with E-state index in [9.17, 15) is 4.79 Å². The number of fused-ring (bicyclic) bond motifs is 1. The third kappa shape index (κ3) is 1.76. The van der Waals surface area contributed by atoms with Gasteiger partial charge in [0, 0.05) is 11.6 Å². The lowest BCUT2D eigenvalue weighted by Gasteiger charge is -2.07. The van der Waals surface area contributed by atoms with Crippen molar-refractivity contribution in [3.05, 3.63) is 29.7 Å². The zero-order valence-electron chi connectivity index (χ0n) is 9.21. The molecule has 0 saturated carbocycles. The van der Waals surface area contributed by atoms with Gasteiger partial charge in [0.05, 0.1) is 6.42 Å². The molecule has 0 spiro atoms. The maximum Gasteiger partial charge on any atom is 0.309 e. The molecule has 0 unspecified atom stereocenters. The Hall–Kier alpha value is -1.91. The first kappa shape index (κ1) is 10.6. The molecule has 5 nitrogen and oxygen atoms in total. The average Bonchev–Trinajstić information content (AvgIpc) is 2.61. The van der Waals surface area contributed by atoms with E-state index in [-0.39, 0.29) is 12.3 Å².